The quantitative estimate of drug-likeness (QED) is 0.252. The molecule has 0 radical (unpaired) electrons. The maximum atomic E-state index is 12.3. The first-order valence-corrected chi connectivity index (χ1v) is 16.8. The van der Waals surface area contributed by atoms with Crippen LogP contribution in [0.5, 0.6) is 17.2 Å². The molecule has 0 saturated carbocycles. The van der Waals surface area contributed by atoms with Gasteiger partial charge in [0.05, 0.1) is 0 Å². The number of rotatable bonds is 5. The van der Waals surface area contributed by atoms with Gasteiger partial charge in [0.15, 0.2) is 0 Å². The normalized spacial score (nSPS) is 13.5. The number of ether oxygens (including phenoxy) is 2. The van der Waals surface area contributed by atoms with Crippen molar-refractivity contribution in [2.75, 3.05) is 13.7 Å². The van der Waals surface area contributed by atoms with Gasteiger partial charge in [0.2, 0.25) is 0 Å². The van der Waals surface area contributed by atoms with Crippen LogP contribution in [0.1, 0.15) is 22.8 Å². The van der Waals surface area contributed by atoms with Crippen molar-refractivity contribution in [1.29, 1.82) is 0 Å². The Balaban J connectivity index is 1.82. The minimum absolute atomic E-state index is 0.390. The number of methoxy groups -OCH3 is 1. The van der Waals surface area contributed by atoms with Crippen LogP contribution in [0, 0.1) is 0 Å². The predicted octanol–water partition coefficient (Wildman–Crippen LogP) is 4.65. The SMILES string of the molecule is CCOc1cccc2c1[O][Sn]([c]1ccccc1)([c]1ccccc1)[O]c1ccc(C(=O)OC)cc1N=C2. The molecule has 0 unspecified atom stereocenters. The first kappa shape index (κ1) is 23.9. The number of aliphatic imine (C=N–C) groups is 1. The van der Waals surface area contributed by atoms with Crippen molar-refractivity contribution in [3.05, 3.63) is 108 Å². The zero-order valence-electron chi connectivity index (χ0n) is 20.0. The van der Waals surface area contributed by atoms with Crippen molar-refractivity contribution in [3.63, 3.8) is 0 Å². The minimum atomic E-state index is -4.49. The summed E-state index contributed by atoms with van der Waals surface area (Å²) in [6, 6.07) is 31.0. The predicted molar refractivity (Wildman–Crippen MR) is 142 cm³/mol. The van der Waals surface area contributed by atoms with E-state index in [9.17, 15) is 4.79 Å². The molecule has 0 fully saturated rings. The van der Waals surface area contributed by atoms with Gasteiger partial charge < -0.3 is 0 Å². The average molecular weight is 586 g/mol. The molecule has 6 nitrogen and oxygen atoms in total. The molecule has 0 saturated heterocycles. The van der Waals surface area contributed by atoms with Gasteiger partial charge in [-0.1, -0.05) is 0 Å². The van der Waals surface area contributed by atoms with Crippen LogP contribution < -0.4 is 18.0 Å². The molecule has 1 aliphatic heterocycles. The third-order valence-electron chi connectivity index (χ3n) is 5.84. The van der Waals surface area contributed by atoms with E-state index in [1.54, 1.807) is 24.4 Å². The summed E-state index contributed by atoms with van der Waals surface area (Å²) in [7, 11) is 1.36. The van der Waals surface area contributed by atoms with Gasteiger partial charge in [0.25, 0.3) is 0 Å². The molecular weight excluding hydrogens is 561 g/mol. The molecule has 1 heterocycles. The van der Waals surface area contributed by atoms with Gasteiger partial charge in [-0.05, 0) is 0 Å². The summed E-state index contributed by atoms with van der Waals surface area (Å²) < 4.78 is 27.0. The maximum absolute atomic E-state index is 12.3. The molecule has 0 aromatic heterocycles. The van der Waals surface area contributed by atoms with Crippen molar-refractivity contribution in [1.82, 2.24) is 0 Å². The van der Waals surface area contributed by atoms with E-state index in [0.717, 1.165) is 12.7 Å². The van der Waals surface area contributed by atoms with Crippen molar-refractivity contribution in [3.8, 4) is 17.2 Å². The number of hydrogen-bond donors (Lipinski definition) is 0. The molecule has 0 N–H and O–H groups in total. The number of carbonyl (C=O) groups is 1. The Bertz CT molecular complexity index is 1370. The Kier molecular flexibility index (Phi) is 6.95. The molecule has 0 aliphatic carbocycles. The Hall–Kier alpha value is -3.78. The van der Waals surface area contributed by atoms with Crippen LogP contribution in [0.3, 0.4) is 0 Å². The van der Waals surface area contributed by atoms with Crippen LogP contribution in [0.2, 0.25) is 0 Å². The van der Waals surface area contributed by atoms with Gasteiger partial charge in [-0.3, -0.25) is 0 Å². The Labute approximate surface area is 215 Å². The Morgan fingerprint density at radius 3 is 2.19 bits per heavy atom. The van der Waals surface area contributed by atoms with E-state index in [-0.39, 0.29) is 0 Å². The van der Waals surface area contributed by atoms with Crippen molar-refractivity contribution in [2.45, 2.75) is 6.92 Å². The van der Waals surface area contributed by atoms with Crippen LogP contribution in [-0.4, -0.2) is 45.1 Å². The van der Waals surface area contributed by atoms with E-state index in [2.05, 4.69) is 0 Å². The standard InChI is InChI=1S/C17H17NO5.2C6H5.Sn/c1-3-23-15-6-4-5-12(16(15)20)10-18-13-9-11(17(21)22-2)7-8-14(13)19;2*1-2-4-6-5-3-1;/h4-10,19-20H,3H2,1-2H3;2*1-5H;/q;;;+2/p-2. The van der Waals surface area contributed by atoms with Gasteiger partial charge in [0.1, 0.15) is 0 Å². The number of nitrogens with zero attached hydrogens (tertiary/aromatic N) is 1. The van der Waals surface area contributed by atoms with Crippen LogP contribution in [0.4, 0.5) is 5.69 Å². The van der Waals surface area contributed by atoms with Crippen molar-refractivity contribution in [2.24, 2.45) is 4.99 Å². The molecule has 5 rings (SSSR count). The van der Waals surface area contributed by atoms with Gasteiger partial charge in [-0.15, -0.1) is 0 Å². The number of carbonyl (C=O) groups excluding carboxylic acids is 1. The zero-order valence-corrected chi connectivity index (χ0v) is 22.9. The number of hydrogen-bond acceptors (Lipinski definition) is 6. The molecule has 0 spiro atoms. The second kappa shape index (κ2) is 10.5. The third kappa shape index (κ3) is 4.56. The topological polar surface area (TPSA) is 66.4 Å². The van der Waals surface area contributed by atoms with E-state index in [4.69, 9.17) is 20.6 Å². The van der Waals surface area contributed by atoms with E-state index >= 15 is 0 Å². The summed E-state index contributed by atoms with van der Waals surface area (Å²) >= 11 is -4.49. The Morgan fingerprint density at radius 2 is 1.56 bits per heavy atom. The van der Waals surface area contributed by atoms with E-state index in [1.165, 1.54) is 7.11 Å². The van der Waals surface area contributed by atoms with Crippen LogP contribution in [0.25, 0.3) is 0 Å². The van der Waals surface area contributed by atoms with E-state index in [1.807, 2.05) is 85.8 Å². The van der Waals surface area contributed by atoms with Crippen molar-refractivity contribution < 1.29 is 20.4 Å². The Morgan fingerprint density at radius 1 is 0.861 bits per heavy atom. The molecule has 0 atom stereocenters. The summed E-state index contributed by atoms with van der Waals surface area (Å²) in [6.07, 6.45) is 1.72. The molecule has 0 amide bonds. The molecule has 180 valence electrons. The number of para-hydroxylation sites is 1. The molecule has 4 aromatic carbocycles. The molecule has 0 bridgehead atoms. The first-order chi connectivity index (χ1) is 17.6. The molecule has 36 heavy (non-hydrogen) atoms. The number of benzene rings is 4. The van der Waals surface area contributed by atoms with Gasteiger partial charge >= 0.3 is 216 Å². The second-order valence-electron chi connectivity index (χ2n) is 8.09. The summed E-state index contributed by atoms with van der Waals surface area (Å²) in [4.78, 5) is 17.0. The van der Waals surface area contributed by atoms with Crippen LogP contribution in [-0.2, 0) is 4.74 Å². The molecule has 4 aromatic rings. The van der Waals surface area contributed by atoms with Crippen LogP contribution in [0.15, 0.2) is 102 Å². The van der Waals surface area contributed by atoms with Crippen LogP contribution >= 0.6 is 0 Å². The third-order valence-corrected chi connectivity index (χ3v) is 14.9. The summed E-state index contributed by atoms with van der Waals surface area (Å²) in [5, 5.41) is 0. The van der Waals surface area contributed by atoms with Gasteiger partial charge in [0, 0.05) is 0 Å². The fourth-order valence-electron chi connectivity index (χ4n) is 4.14. The average Bonchev–Trinajstić information content (AvgIpc) is 3.00. The summed E-state index contributed by atoms with van der Waals surface area (Å²) in [5.74, 6) is 1.31. The first-order valence-electron chi connectivity index (χ1n) is 11.7. The second-order valence-corrected chi connectivity index (χ2v) is 16.1. The summed E-state index contributed by atoms with van der Waals surface area (Å²) in [5.41, 5.74) is 1.67. The monoisotopic (exact) mass is 587 g/mol. The number of esters is 1. The molecule has 7 heteroatoms. The zero-order chi connectivity index (χ0) is 25.0. The van der Waals surface area contributed by atoms with E-state index < -0.39 is 25.2 Å². The fourth-order valence-corrected chi connectivity index (χ4v) is 13.0. The molecule has 1 aliphatic rings. The summed E-state index contributed by atoms with van der Waals surface area (Å²) in [6.45, 7) is 2.42. The van der Waals surface area contributed by atoms with Gasteiger partial charge in [-0.25, -0.2) is 0 Å². The van der Waals surface area contributed by atoms with E-state index in [0.29, 0.717) is 35.1 Å². The molecular formula is C29H25NO5Sn. The fraction of sp³-hybridized carbons (Fsp3) is 0.103. The van der Waals surface area contributed by atoms with Gasteiger partial charge in [-0.2, -0.15) is 0 Å². The van der Waals surface area contributed by atoms with Crippen molar-refractivity contribution >= 4 is 44.2 Å². The number of fused-ring (bicyclic) bond motifs is 2.